The summed E-state index contributed by atoms with van der Waals surface area (Å²) >= 11 is 1.90. The normalized spacial score (nSPS) is 13.0. The van der Waals surface area contributed by atoms with Gasteiger partial charge in [-0.15, -0.1) is 11.3 Å². The fourth-order valence-corrected chi connectivity index (χ4v) is 9.06. The largest absolute Gasteiger partial charge is 0.313 e. The van der Waals surface area contributed by atoms with E-state index in [1.165, 1.54) is 92.1 Å². The molecule has 1 aliphatic rings. The maximum atomic E-state index is 2.48. The summed E-state index contributed by atoms with van der Waals surface area (Å²) in [6, 6.07) is 47.2. The lowest BCUT2D eigenvalue weighted by Gasteiger charge is -2.13. The molecule has 0 radical (unpaired) electrons. The lowest BCUT2D eigenvalue weighted by atomic mass is 9.93. The molecule has 10 rings (SSSR count). The molecule has 0 saturated carbocycles. The van der Waals surface area contributed by atoms with Crippen LogP contribution in [0.15, 0.2) is 133 Å². The summed E-state index contributed by atoms with van der Waals surface area (Å²) in [7, 11) is 2.26. The van der Waals surface area contributed by atoms with Crippen molar-refractivity contribution in [1.82, 2.24) is 9.13 Å². The predicted octanol–water partition coefficient (Wildman–Crippen LogP) is 9.98. The van der Waals surface area contributed by atoms with Gasteiger partial charge in [0.15, 0.2) is 0 Å². The Morgan fingerprint density at radius 3 is 2.28 bits per heavy atom. The van der Waals surface area contributed by atoms with E-state index in [1.54, 1.807) is 0 Å². The van der Waals surface area contributed by atoms with Crippen LogP contribution in [0.4, 0.5) is 0 Å². The van der Waals surface area contributed by atoms with Crippen molar-refractivity contribution in [3.8, 4) is 22.5 Å². The Labute approximate surface area is 271 Å². The number of hydrogen-bond acceptors (Lipinski definition) is 1. The van der Waals surface area contributed by atoms with Gasteiger partial charge in [-0.3, -0.25) is 0 Å². The molecule has 0 fully saturated rings. The van der Waals surface area contributed by atoms with Gasteiger partial charge in [-0.25, -0.2) is 0 Å². The minimum absolute atomic E-state index is 1.04. The third-order valence-electron chi connectivity index (χ3n) is 9.87. The van der Waals surface area contributed by atoms with Gasteiger partial charge >= 0.3 is 0 Å². The predicted molar refractivity (Wildman–Crippen MR) is 201 cm³/mol. The number of para-hydroxylation sites is 2. The van der Waals surface area contributed by atoms with Gasteiger partial charge in [0.05, 0.1) is 16.6 Å². The second kappa shape index (κ2) is 9.84. The smallest absolute Gasteiger partial charge is 0.141 e. The van der Waals surface area contributed by atoms with Gasteiger partial charge < -0.3 is 9.13 Å². The first-order chi connectivity index (χ1) is 22.7. The molecule has 0 N–H and O–H groups in total. The summed E-state index contributed by atoms with van der Waals surface area (Å²) in [5, 5.41) is 6.57. The maximum absolute atomic E-state index is 2.48. The van der Waals surface area contributed by atoms with Gasteiger partial charge in [0.25, 0.3) is 0 Å². The zero-order valence-corrected chi connectivity index (χ0v) is 26.3. The Hall–Kier alpha value is -5.32. The fraction of sp³-hybridized carbons (Fsp3) is 0.0476. The van der Waals surface area contributed by atoms with Crippen LogP contribution in [-0.2, 0) is 6.42 Å². The van der Waals surface area contributed by atoms with Crippen molar-refractivity contribution in [3.05, 3.63) is 145 Å². The average molecular weight is 605 g/mol. The van der Waals surface area contributed by atoms with Crippen molar-refractivity contribution in [3.63, 3.8) is 0 Å². The first kappa shape index (κ1) is 26.0. The summed E-state index contributed by atoms with van der Waals surface area (Å²) in [4.78, 5) is 0. The third kappa shape index (κ3) is 3.65. The van der Waals surface area contributed by atoms with Gasteiger partial charge in [0, 0.05) is 59.0 Å². The molecule has 0 saturated heterocycles. The molecule has 0 atom stereocenters. The molecule has 216 valence electrons. The van der Waals surface area contributed by atoms with Crippen molar-refractivity contribution in [2.75, 3.05) is 0 Å². The molecule has 0 spiro atoms. The molecule has 0 amide bonds. The molecule has 3 aromatic heterocycles. The van der Waals surface area contributed by atoms with Crippen LogP contribution in [0, 0.1) is 0 Å². The van der Waals surface area contributed by atoms with Crippen LogP contribution < -0.4 is 5.46 Å². The summed E-state index contributed by atoms with van der Waals surface area (Å²) in [6.45, 7) is 0. The van der Waals surface area contributed by atoms with E-state index in [1.807, 2.05) is 11.3 Å². The van der Waals surface area contributed by atoms with Crippen molar-refractivity contribution >= 4 is 83.6 Å². The number of fused-ring (bicyclic) bond motifs is 9. The Bertz CT molecular complexity index is 2700. The van der Waals surface area contributed by atoms with Crippen LogP contribution >= 0.6 is 11.3 Å². The Morgan fingerprint density at radius 1 is 0.587 bits per heavy atom. The van der Waals surface area contributed by atoms with Crippen LogP contribution in [-0.4, -0.2) is 17.0 Å². The molecule has 0 unspecified atom stereocenters. The van der Waals surface area contributed by atoms with Crippen LogP contribution in [0.25, 0.3) is 81.5 Å². The fourth-order valence-electron chi connectivity index (χ4n) is 7.90. The topological polar surface area (TPSA) is 9.86 Å². The van der Waals surface area contributed by atoms with Gasteiger partial charge in [-0.05, 0) is 72.5 Å². The highest BCUT2D eigenvalue weighted by Crippen LogP contribution is 2.42. The number of allylic oxidation sites excluding steroid dienone is 1. The van der Waals surface area contributed by atoms with E-state index >= 15 is 0 Å². The average Bonchev–Trinajstić information content (AvgIpc) is 3.76. The molecule has 9 aromatic rings. The highest BCUT2D eigenvalue weighted by molar-refractivity contribution is 7.26. The van der Waals surface area contributed by atoms with E-state index in [0.29, 0.717) is 0 Å². The molecular formula is C42H29BN2S. The van der Waals surface area contributed by atoms with Gasteiger partial charge in [-0.1, -0.05) is 96.5 Å². The van der Waals surface area contributed by atoms with E-state index in [0.717, 1.165) is 12.8 Å². The number of aromatic nitrogens is 2. The first-order valence-corrected chi connectivity index (χ1v) is 16.9. The summed E-state index contributed by atoms with van der Waals surface area (Å²) in [5.74, 6) is 0. The SMILES string of the molecule is Bc1cc(-n2c3ccccc3c3ccc(-c4cccc5c4c4c(n5-c5ccccc5)CCC=C4)cc32)cc2c1sc1ccccc12. The molecule has 6 aromatic carbocycles. The summed E-state index contributed by atoms with van der Waals surface area (Å²) in [6.07, 6.45) is 6.80. The zero-order valence-electron chi connectivity index (χ0n) is 25.5. The highest BCUT2D eigenvalue weighted by atomic mass is 32.1. The molecule has 2 nitrogen and oxygen atoms in total. The lowest BCUT2D eigenvalue weighted by Crippen LogP contribution is -2.05. The Morgan fingerprint density at radius 2 is 1.37 bits per heavy atom. The summed E-state index contributed by atoms with van der Waals surface area (Å²) in [5.41, 5.74) is 12.8. The lowest BCUT2D eigenvalue weighted by molar-refractivity contribution is 0.888. The van der Waals surface area contributed by atoms with Crippen molar-refractivity contribution in [1.29, 1.82) is 0 Å². The van der Waals surface area contributed by atoms with Gasteiger partial charge in [-0.2, -0.15) is 0 Å². The second-order valence-electron chi connectivity index (χ2n) is 12.5. The quantitative estimate of drug-likeness (QED) is 0.178. The van der Waals surface area contributed by atoms with Crippen molar-refractivity contribution < 1.29 is 0 Å². The first-order valence-electron chi connectivity index (χ1n) is 16.1. The van der Waals surface area contributed by atoms with Crippen molar-refractivity contribution in [2.24, 2.45) is 0 Å². The van der Waals surface area contributed by atoms with E-state index in [4.69, 9.17) is 0 Å². The molecule has 46 heavy (non-hydrogen) atoms. The minimum Gasteiger partial charge on any atom is -0.313 e. The summed E-state index contributed by atoms with van der Waals surface area (Å²) < 4.78 is 7.68. The molecule has 3 heterocycles. The number of rotatable bonds is 3. The van der Waals surface area contributed by atoms with E-state index in [9.17, 15) is 0 Å². The zero-order chi connectivity index (χ0) is 30.4. The van der Waals surface area contributed by atoms with Crippen molar-refractivity contribution in [2.45, 2.75) is 12.8 Å². The van der Waals surface area contributed by atoms with Crippen LogP contribution in [0.3, 0.4) is 0 Å². The van der Waals surface area contributed by atoms with E-state index in [2.05, 4.69) is 157 Å². The molecule has 0 bridgehead atoms. The van der Waals surface area contributed by atoms with Crippen LogP contribution in [0.5, 0.6) is 0 Å². The molecule has 4 heteroatoms. The monoisotopic (exact) mass is 604 g/mol. The molecular weight excluding hydrogens is 575 g/mol. The maximum Gasteiger partial charge on any atom is 0.141 e. The Kier molecular flexibility index (Phi) is 5.55. The standard InChI is InChI=1S/C42H29BN2S/c43-35-25-28(24-34-32-14-6-9-20-40(32)46-42(34)35)45-36-17-7-4-13-30(36)31-22-21-26(23-39(31)45)29-16-10-19-38-41(29)33-15-5-8-18-37(33)44(38)27-11-2-1-3-12-27/h1-7,9-17,19-25H,8,18,43H2. The third-order valence-corrected chi connectivity index (χ3v) is 11.2. The number of nitrogens with zero attached hydrogens (tertiary/aromatic N) is 2. The number of thiophene rings is 1. The minimum atomic E-state index is 1.04. The highest BCUT2D eigenvalue weighted by Gasteiger charge is 2.22. The van der Waals surface area contributed by atoms with Crippen LogP contribution in [0.2, 0.25) is 0 Å². The van der Waals surface area contributed by atoms with E-state index in [-0.39, 0.29) is 0 Å². The molecule has 1 aliphatic carbocycles. The molecule has 0 aliphatic heterocycles. The second-order valence-corrected chi connectivity index (χ2v) is 13.5. The number of benzene rings is 6. The van der Waals surface area contributed by atoms with Gasteiger partial charge in [0.2, 0.25) is 0 Å². The van der Waals surface area contributed by atoms with Crippen LogP contribution in [0.1, 0.15) is 17.7 Å². The Balaban J connectivity index is 1.26. The number of hydrogen-bond donors (Lipinski definition) is 0. The van der Waals surface area contributed by atoms with E-state index < -0.39 is 0 Å². The van der Waals surface area contributed by atoms with Gasteiger partial charge in [0.1, 0.15) is 7.85 Å².